The molecule has 0 unspecified atom stereocenters. The normalized spacial score (nSPS) is 17.9. The van der Waals surface area contributed by atoms with Gasteiger partial charge in [-0.25, -0.2) is 0 Å². The SMILES string of the molecule is NCCn1cc(C(=O)C2CCCCCC2)nn1. The molecular weight excluding hydrogens is 216 g/mol. The Morgan fingerprint density at radius 2 is 2.06 bits per heavy atom. The van der Waals surface area contributed by atoms with E-state index in [1.807, 2.05) is 0 Å². The van der Waals surface area contributed by atoms with Crippen molar-refractivity contribution in [1.82, 2.24) is 15.0 Å². The summed E-state index contributed by atoms with van der Waals surface area (Å²) in [6.07, 6.45) is 8.55. The summed E-state index contributed by atoms with van der Waals surface area (Å²) >= 11 is 0. The lowest BCUT2D eigenvalue weighted by Crippen LogP contribution is -2.14. The smallest absolute Gasteiger partial charge is 0.187 e. The van der Waals surface area contributed by atoms with Crippen LogP contribution in [0.25, 0.3) is 0 Å². The van der Waals surface area contributed by atoms with E-state index in [2.05, 4.69) is 10.3 Å². The van der Waals surface area contributed by atoms with Crippen LogP contribution < -0.4 is 5.73 Å². The molecule has 0 bridgehead atoms. The van der Waals surface area contributed by atoms with Gasteiger partial charge in [0.1, 0.15) is 5.69 Å². The van der Waals surface area contributed by atoms with Crippen LogP contribution >= 0.6 is 0 Å². The van der Waals surface area contributed by atoms with E-state index < -0.39 is 0 Å². The van der Waals surface area contributed by atoms with Gasteiger partial charge in [0, 0.05) is 12.5 Å². The summed E-state index contributed by atoms with van der Waals surface area (Å²) in [5, 5.41) is 7.86. The number of aromatic nitrogens is 3. The van der Waals surface area contributed by atoms with Crippen molar-refractivity contribution in [2.45, 2.75) is 45.1 Å². The molecule has 1 aromatic rings. The molecule has 0 saturated heterocycles. The van der Waals surface area contributed by atoms with Crippen LogP contribution in [0.5, 0.6) is 0 Å². The molecule has 0 radical (unpaired) electrons. The minimum absolute atomic E-state index is 0.153. The Bertz CT molecular complexity index is 366. The van der Waals surface area contributed by atoms with Crippen molar-refractivity contribution in [3.05, 3.63) is 11.9 Å². The van der Waals surface area contributed by atoms with Crippen molar-refractivity contribution in [1.29, 1.82) is 0 Å². The summed E-state index contributed by atoms with van der Waals surface area (Å²) in [5.41, 5.74) is 5.94. The van der Waals surface area contributed by atoms with Crippen molar-refractivity contribution in [3.8, 4) is 0 Å². The van der Waals surface area contributed by atoms with Crippen LogP contribution in [0.3, 0.4) is 0 Å². The number of nitrogens with zero attached hydrogens (tertiary/aromatic N) is 3. The van der Waals surface area contributed by atoms with Crippen LogP contribution in [0.15, 0.2) is 6.20 Å². The highest BCUT2D eigenvalue weighted by Crippen LogP contribution is 2.25. The van der Waals surface area contributed by atoms with Gasteiger partial charge in [0.05, 0.1) is 12.7 Å². The number of hydrogen-bond acceptors (Lipinski definition) is 4. The molecule has 1 fully saturated rings. The third-order valence-electron chi connectivity index (χ3n) is 3.38. The summed E-state index contributed by atoms with van der Waals surface area (Å²) in [6, 6.07) is 0. The predicted molar refractivity (Wildman–Crippen MR) is 64.6 cm³/mol. The van der Waals surface area contributed by atoms with E-state index in [0.29, 0.717) is 18.8 Å². The molecule has 1 heterocycles. The second-order valence-electron chi connectivity index (χ2n) is 4.71. The molecule has 1 aromatic heterocycles. The van der Waals surface area contributed by atoms with Crippen molar-refractivity contribution < 1.29 is 4.79 Å². The van der Waals surface area contributed by atoms with E-state index in [9.17, 15) is 4.79 Å². The lowest BCUT2D eigenvalue weighted by molar-refractivity contribution is 0.0902. The van der Waals surface area contributed by atoms with Crippen LogP contribution in [-0.4, -0.2) is 27.3 Å². The molecule has 1 aliphatic rings. The van der Waals surface area contributed by atoms with Crippen LogP contribution in [0.2, 0.25) is 0 Å². The van der Waals surface area contributed by atoms with Crippen LogP contribution in [-0.2, 0) is 6.54 Å². The van der Waals surface area contributed by atoms with Crippen molar-refractivity contribution >= 4 is 5.78 Å². The quantitative estimate of drug-likeness (QED) is 0.633. The zero-order valence-electron chi connectivity index (χ0n) is 10.1. The lowest BCUT2D eigenvalue weighted by atomic mass is 9.94. The first-order chi connectivity index (χ1) is 8.31. The average Bonchev–Trinajstić information content (AvgIpc) is 2.64. The molecule has 0 atom stereocenters. The molecule has 0 aromatic carbocycles. The molecule has 2 rings (SSSR count). The maximum atomic E-state index is 12.2. The fourth-order valence-electron chi connectivity index (χ4n) is 2.40. The van der Waals surface area contributed by atoms with Crippen molar-refractivity contribution in [3.63, 3.8) is 0 Å². The Balaban J connectivity index is 2.01. The first-order valence-corrected chi connectivity index (χ1v) is 6.45. The minimum Gasteiger partial charge on any atom is -0.329 e. The van der Waals surface area contributed by atoms with Crippen LogP contribution in [0, 0.1) is 5.92 Å². The van der Waals surface area contributed by atoms with Gasteiger partial charge < -0.3 is 5.73 Å². The van der Waals surface area contributed by atoms with Gasteiger partial charge in [-0.05, 0) is 12.8 Å². The highest BCUT2D eigenvalue weighted by atomic mass is 16.1. The second-order valence-corrected chi connectivity index (χ2v) is 4.71. The van der Waals surface area contributed by atoms with E-state index in [-0.39, 0.29) is 11.7 Å². The third-order valence-corrected chi connectivity index (χ3v) is 3.38. The standard InChI is InChI=1S/C12H20N4O/c13-7-8-16-9-11(14-15-16)12(17)10-5-3-1-2-4-6-10/h9-10H,1-8,13H2. The number of carbonyl (C=O) groups excluding carboxylic acids is 1. The molecule has 0 spiro atoms. The molecule has 1 aliphatic carbocycles. The Morgan fingerprint density at radius 3 is 2.71 bits per heavy atom. The van der Waals surface area contributed by atoms with Crippen LogP contribution in [0.1, 0.15) is 49.0 Å². The number of carbonyl (C=O) groups is 1. The van der Waals surface area contributed by atoms with E-state index in [4.69, 9.17) is 5.73 Å². The number of hydrogen-bond donors (Lipinski definition) is 1. The summed E-state index contributed by atoms with van der Waals surface area (Å²) in [5.74, 6) is 0.315. The second kappa shape index (κ2) is 5.91. The molecular formula is C12H20N4O. The number of Topliss-reactive ketones (excluding diaryl/α,β-unsaturated/α-hetero) is 1. The summed E-state index contributed by atoms with van der Waals surface area (Å²) in [4.78, 5) is 12.2. The first kappa shape index (κ1) is 12.2. The topological polar surface area (TPSA) is 73.8 Å². The first-order valence-electron chi connectivity index (χ1n) is 6.45. The Labute approximate surface area is 101 Å². The average molecular weight is 236 g/mol. The van der Waals surface area contributed by atoms with Gasteiger partial charge in [-0.2, -0.15) is 0 Å². The molecule has 0 amide bonds. The van der Waals surface area contributed by atoms with Gasteiger partial charge in [-0.1, -0.05) is 30.9 Å². The predicted octanol–water partition coefficient (Wildman–Crippen LogP) is 1.39. The largest absolute Gasteiger partial charge is 0.329 e. The monoisotopic (exact) mass is 236 g/mol. The van der Waals surface area contributed by atoms with Gasteiger partial charge in [-0.15, -0.1) is 5.10 Å². The number of nitrogens with two attached hydrogens (primary N) is 1. The van der Waals surface area contributed by atoms with E-state index in [1.54, 1.807) is 10.9 Å². The molecule has 1 saturated carbocycles. The molecule has 94 valence electrons. The molecule has 5 nitrogen and oxygen atoms in total. The fraction of sp³-hybridized carbons (Fsp3) is 0.750. The summed E-state index contributed by atoms with van der Waals surface area (Å²) in [6.45, 7) is 1.13. The maximum Gasteiger partial charge on any atom is 0.187 e. The lowest BCUT2D eigenvalue weighted by Gasteiger charge is -2.09. The van der Waals surface area contributed by atoms with Gasteiger partial charge in [-0.3, -0.25) is 9.48 Å². The van der Waals surface area contributed by atoms with E-state index in [0.717, 1.165) is 25.7 Å². The minimum atomic E-state index is 0.153. The van der Waals surface area contributed by atoms with Gasteiger partial charge in [0.25, 0.3) is 0 Å². The molecule has 17 heavy (non-hydrogen) atoms. The highest BCUT2D eigenvalue weighted by Gasteiger charge is 2.23. The molecule has 2 N–H and O–H groups in total. The van der Waals surface area contributed by atoms with Gasteiger partial charge in [0.15, 0.2) is 5.78 Å². The Kier molecular flexibility index (Phi) is 4.25. The molecule has 5 heteroatoms. The zero-order chi connectivity index (χ0) is 12.1. The van der Waals surface area contributed by atoms with Crippen LogP contribution in [0.4, 0.5) is 0 Å². The maximum absolute atomic E-state index is 12.2. The fourth-order valence-corrected chi connectivity index (χ4v) is 2.40. The number of ketones is 1. The number of rotatable bonds is 4. The molecule has 0 aliphatic heterocycles. The van der Waals surface area contributed by atoms with Crippen molar-refractivity contribution in [2.75, 3.05) is 6.54 Å². The Morgan fingerprint density at radius 1 is 1.35 bits per heavy atom. The van der Waals surface area contributed by atoms with E-state index >= 15 is 0 Å². The summed E-state index contributed by atoms with van der Waals surface area (Å²) < 4.78 is 1.64. The van der Waals surface area contributed by atoms with Gasteiger partial charge >= 0.3 is 0 Å². The zero-order valence-corrected chi connectivity index (χ0v) is 10.1. The van der Waals surface area contributed by atoms with Crippen molar-refractivity contribution in [2.24, 2.45) is 11.7 Å². The Hall–Kier alpha value is -1.23. The van der Waals surface area contributed by atoms with Gasteiger partial charge in [0.2, 0.25) is 0 Å². The highest BCUT2D eigenvalue weighted by molar-refractivity contribution is 5.95. The van der Waals surface area contributed by atoms with E-state index in [1.165, 1.54) is 12.8 Å². The summed E-state index contributed by atoms with van der Waals surface area (Å²) in [7, 11) is 0. The third kappa shape index (κ3) is 3.12.